The summed E-state index contributed by atoms with van der Waals surface area (Å²) in [6.07, 6.45) is -6.20. The molecule has 0 aliphatic carbocycles. The highest BCUT2D eigenvalue weighted by Gasteiger charge is 2.67. The molecule has 0 spiro atoms. The number of carbonyl (C=O) groups excluding carboxylic acids is 3. The zero-order valence-electron chi connectivity index (χ0n) is 11.3. The summed E-state index contributed by atoms with van der Waals surface area (Å²) in [5.74, 6) is -3.38. The van der Waals surface area contributed by atoms with E-state index in [0.29, 0.717) is 0 Å². The van der Waals surface area contributed by atoms with Gasteiger partial charge in [-0.3, -0.25) is 14.4 Å². The first-order chi connectivity index (χ1) is 9.00. The lowest BCUT2D eigenvalue weighted by atomic mass is 9.70. The van der Waals surface area contributed by atoms with Crippen LogP contribution < -0.4 is 0 Å². The molecule has 1 rings (SSSR count). The van der Waals surface area contributed by atoms with Gasteiger partial charge in [0.25, 0.3) is 0 Å². The molecule has 1 aliphatic rings. The second-order valence-corrected chi connectivity index (χ2v) is 4.95. The number of Topliss-reactive ketones (excluding diaryl/α,β-unsaturated/α-hetero) is 3. The molecule has 0 amide bonds. The van der Waals surface area contributed by atoms with Gasteiger partial charge in [-0.15, -0.1) is 0 Å². The van der Waals surface area contributed by atoms with Crippen LogP contribution in [0.4, 0.5) is 4.39 Å². The summed E-state index contributed by atoms with van der Waals surface area (Å²) in [6.45, 7) is 1.79. The number of aliphatic hydroxyl groups is 3. The van der Waals surface area contributed by atoms with Gasteiger partial charge in [0.05, 0.1) is 6.61 Å². The maximum absolute atomic E-state index is 14.4. The van der Waals surface area contributed by atoms with E-state index >= 15 is 0 Å². The second kappa shape index (κ2) is 5.28. The molecular weight excluding hydrogens is 275 g/mol. The minimum Gasteiger partial charge on any atom is -0.386 e. The Labute approximate surface area is 114 Å². The van der Waals surface area contributed by atoms with Gasteiger partial charge in [-0.05, 0) is 20.8 Å². The summed E-state index contributed by atoms with van der Waals surface area (Å²) >= 11 is 0. The number of ketones is 3. The quantitative estimate of drug-likeness (QED) is 0.565. The van der Waals surface area contributed by atoms with Gasteiger partial charge in [-0.1, -0.05) is 0 Å². The van der Waals surface area contributed by atoms with Crippen LogP contribution in [0, 0.1) is 0 Å². The molecule has 5 atom stereocenters. The van der Waals surface area contributed by atoms with E-state index in [4.69, 9.17) is 9.84 Å². The number of aliphatic hydroxyl groups excluding tert-OH is 1. The maximum Gasteiger partial charge on any atom is 0.195 e. The summed E-state index contributed by atoms with van der Waals surface area (Å²) < 4.78 is 19.1. The molecule has 3 N–H and O–H groups in total. The number of ether oxygens (including phenoxy) is 1. The van der Waals surface area contributed by atoms with E-state index in [0.717, 1.165) is 20.8 Å². The molecule has 1 fully saturated rings. The van der Waals surface area contributed by atoms with Crippen LogP contribution >= 0.6 is 0 Å². The van der Waals surface area contributed by atoms with Crippen molar-refractivity contribution < 1.29 is 38.8 Å². The van der Waals surface area contributed by atoms with Crippen LogP contribution in [0.25, 0.3) is 0 Å². The van der Waals surface area contributed by atoms with Crippen LogP contribution in [0.1, 0.15) is 20.8 Å². The van der Waals surface area contributed by atoms with Crippen LogP contribution in [-0.4, -0.2) is 68.9 Å². The average Bonchev–Trinajstić information content (AvgIpc) is 2.34. The van der Waals surface area contributed by atoms with Crippen molar-refractivity contribution in [2.45, 2.75) is 50.4 Å². The minimum atomic E-state index is -3.10. The fraction of sp³-hybridized carbons (Fsp3) is 0.750. The average molecular weight is 292 g/mol. The van der Waals surface area contributed by atoms with Crippen molar-refractivity contribution in [3.05, 3.63) is 0 Å². The molecule has 0 radical (unpaired) electrons. The lowest BCUT2D eigenvalue weighted by Crippen LogP contribution is -2.75. The van der Waals surface area contributed by atoms with Crippen LogP contribution in [0.2, 0.25) is 0 Å². The molecule has 1 aliphatic heterocycles. The van der Waals surface area contributed by atoms with Gasteiger partial charge in [0.15, 0.2) is 40.8 Å². The summed E-state index contributed by atoms with van der Waals surface area (Å²) in [4.78, 5) is 34.6. The molecule has 1 saturated heterocycles. The highest BCUT2D eigenvalue weighted by molar-refractivity contribution is 6.00. The number of alkyl halides is 1. The van der Waals surface area contributed by atoms with Gasteiger partial charge in [0.2, 0.25) is 0 Å². The Balaban J connectivity index is 3.31. The van der Waals surface area contributed by atoms with Crippen molar-refractivity contribution in [2.75, 3.05) is 6.61 Å². The number of hydrogen-bond donors (Lipinski definition) is 3. The highest BCUT2D eigenvalue weighted by atomic mass is 19.1. The zero-order chi connectivity index (χ0) is 15.9. The zero-order valence-corrected chi connectivity index (χ0v) is 11.3. The molecule has 0 saturated carbocycles. The van der Waals surface area contributed by atoms with Crippen LogP contribution in [0.3, 0.4) is 0 Å². The first-order valence-electron chi connectivity index (χ1n) is 5.94. The molecule has 0 bridgehead atoms. The van der Waals surface area contributed by atoms with Crippen molar-refractivity contribution in [1.82, 2.24) is 0 Å². The van der Waals surface area contributed by atoms with Crippen molar-refractivity contribution in [3.8, 4) is 0 Å². The highest BCUT2D eigenvalue weighted by Crippen LogP contribution is 2.38. The first kappa shape index (κ1) is 16.8. The third-order valence-electron chi connectivity index (χ3n) is 3.58. The topological polar surface area (TPSA) is 121 Å². The molecule has 1 unspecified atom stereocenters. The first-order valence-corrected chi connectivity index (χ1v) is 5.94. The van der Waals surface area contributed by atoms with E-state index in [9.17, 15) is 29.0 Å². The van der Waals surface area contributed by atoms with E-state index < -0.39 is 53.5 Å². The lowest BCUT2D eigenvalue weighted by Gasteiger charge is -2.47. The Morgan fingerprint density at radius 3 is 2.10 bits per heavy atom. The van der Waals surface area contributed by atoms with Crippen LogP contribution in [-0.2, 0) is 19.1 Å². The summed E-state index contributed by atoms with van der Waals surface area (Å²) in [5, 5.41) is 29.4. The van der Waals surface area contributed by atoms with Crippen molar-refractivity contribution >= 4 is 17.3 Å². The van der Waals surface area contributed by atoms with Gasteiger partial charge >= 0.3 is 0 Å². The number of halogens is 1. The number of carbonyl (C=O) groups is 3. The monoisotopic (exact) mass is 292 g/mol. The van der Waals surface area contributed by atoms with Gasteiger partial charge in [-0.2, -0.15) is 0 Å². The predicted octanol–water partition coefficient (Wildman–Crippen LogP) is -1.69. The summed E-state index contributed by atoms with van der Waals surface area (Å²) in [7, 11) is 0. The maximum atomic E-state index is 14.4. The smallest absolute Gasteiger partial charge is 0.195 e. The van der Waals surface area contributed by atoms with Gasteiger partial charge < -0.3 is 20.1 Å². The van der Waals surface area contributed by atoms with Crippen LogP contribution in [0.15, 0.2) is 0 Å². The predicted molar refractivity (Wildman–Crippen MR) is 62.6 cm³/mol. The largest absolute Gasteiger partial charge is 0.386 e. The lowest BCUT2D eigenvalue weighted by molar-refractivity contribution is -0.249. The Kier molecular flexibility index (Phi) is 4.45. The molecule has 8 heteroatoms. The van der Waals surface area contributed by atoms with Gasteiger partial charge in [0, 0.05) is 0 Å². The molecule has 1 heterocycles. The van der Waals surface area contributed by atoms with Gasteiger partial charge in [0.1, 0.15) is 6.10 Å². The Morgan fingerprint density at radius 2 is 1.75 bits per heavy atom. The Bertz CT molecular complexity index is 449. The fourth-order valence-electron chi connectivity index (χ4n) is 2.17. The normalized spacial score (nSPS) is 39.1. The van der Waals surface area contributed by atoms with Crippen molar-refractivity contribution in [3.63, 3.8) is 0 Å². The molecule has 0 aromatic heterocycles. The third-order valence-corrected chi connectivity index (χ3v) is 3.58. The SMILES string of the molecule is CC(=O)[C@]1(O)CO[C@H](C(=O)C(C)O)[C@H](F)[C@@]1(O)C(C)=O. The molecule has 20 heavy (non-hydrogen) atoms. The molecular formula is C12H17FO7. The van der Waals surface area contributed by atoms with Crippen molar-refractivity contribution in [1.29, 1.82) is 0 Å². The molecule has 114 valence electrons. The van der Waals surface area contributed by atoms with Crippen molar-refractivity contribution in [2.24, 2.45) is 0 Å². The van der Waals surface area contributed by atoms with E-state index in [1.807, 2.05) is 0 Å². The molecule has 0 aromatic carbocycles. The summed E-state index contributed by atoms with van der Waals surface area (Å²) in [6, 6.07) is 0. The van der Waals surface area contributed by atoms with Gasteiger partial charge in [-0.25, -0.2) is 4.39 Å². The Morgan fingerprint density at radius 1 is 1.25 bits per heavy atom. The fourth-order valence-corrected chi connectivity index (χ4v) is 2.17. The second-order valence-electron chi connectivity index (χ2n) is 4.95. The van der Waals surface area contributed by atoms with E-state index in [1.54, 1.807) is 0 Å². The van der Waals surface area contributed by atoms with E-state index in [1.165, 1.54) is 0 Å². The molecule has 0 aromatic rings. The number of hydrogen-bond acceptors (Lipinski definition) is 7. The van der Waals surface area contributed by atoms with E-state index in [2.05, 4.69) is 0 Å². The Hall–Kier alpha value is -1.22. The van der Waals surface area contributed by atoms with E-state index in [-0.39, 0.29) is 0 Å². The molecule has 7 nitrogen and oxygen atoms in total. The standard InChI is InChI=1S/C12H17FO7/c1-5(14)8(17)9-10(13)12(19,7(3)16)11(18,4-20-9)6(2)15/h5,9-10,14,18-19H,4H2,1-3H3/t5?,9-,10+,11-,12+/m1/s1. The van der Waals surface area contributed by atoms with Crippen LogP contribution in [0.5, 0.6) is 0 Å². The number of rotatable bonds is 4. The summed E-state index contributed by atoms with van der Waals surface area (Å²) in [5.41, 5.74) is -5.89. The third kappa shape index (κ3) is 2.18. The minimum absolute atomic E-state index is 0.787.